The molecule has 0 aliphatic carbocycles. The summed E-state index contributed by atoms with van der Waals surface area (Å²) < 4.78 is 4.71. The number of hydrogen-bond acceptors (Lipinski definition) is 5. The predicted molar refractivity (Wildman–Crippen MR) is 53.2 cm³/mol. The highest BCUT2D eigenvalue weighted by atomic mass is 32.2. The van der Waals surface area contributed by atoms with Crippen LogP contribution in [-0.2, 0) is 4.74 Å². The van der Waals surface area contributed by atoms with Crippen LogP contribution in [0.5, 0.6) is 0 Å². The second-order valence-electron chi connectivity index (χ2n) is 2.37. The van der Waals surface area contributed by atoms with Crippen LogP contribution in [0, 0.1) is 0 Å². The van der Waals surface area contributed by atoms with Gasteiger partial charge in [0.25, 0.3) is 5.91 Å². The van der Waals surface area contributed by atoms with Crippen LogP contribution < -0.4 is 5.32 Å². The number of ether oxygens (including phenoxy) is 1. The summed E-state index contributed by atoms with van der Waals surface area (Å²) in [6.07, 6.45) is 3.41. The van der Waals surface area contributed by atoms with Crippen LogP contribution in [0.2, 0.25) is 0 Å². The number of amides is 1. The van der Waals surface area contributed by atoms with Crippen LogP contribution in [0.1, 0.15) is 10.5 Å². The minimum atomic E-state index is -0.260. The first-order chi connectivity index (χ1) is 6.77. The Labute approximate surface area is 86.3 Å². The maximum atomic E-state index is 11.4. The molecule has 14 heavy (non-hydrogen) atoms. The van der Waals surface area contributed by atoms with Crippen molar-refractivity contribution in [1.82, 2.24) is 15.3 Å². The normalized spacial score (nSPS) is 9.86. The van der Waals surface area contributed by atoms with Gasteiger partial charge in [0, 0.05) is 13.3 Å². The lowest BCUT2D eigenvalue weighted by molar-refractivity contribution is 0.0866. The van der Waals surface area contributed by atoms with Crippen molar-refractivity contribution < 1.29 is 9.53 Å². The molecule has 0 bridgehead atoms. The summed E-state index contributed by atoms with van der Waals surface area (Å²) in [5.74, 6) is -0.260. The van der Waals surface area contributed by atoms with Crippen LogP contribution in [-0.4, -0.2) is 36.0 Å². The molecule has 0 saturated heterocycles. The lowest BCUT2D eigenvalue weighted by Crippen LogP contribution is -2.26. The Bertz CT molecular complexity index is 319. The highest BCUT2D eigenvalue weighted by Gasteiger charge is 2.06. The van der Waals surface area contributed by atoms with Crippen molar-refractivity contribution in [3.8, 4) is 0 Å². The number of carbonyl (C=O) groups excluding carboxylic acids is 1. The fourth-order valence-electron chi connectivity index (χ4n) is 0.794. The summed E-state index contributed by atoms with van der Waals surface area (Å²) >= 11 is 1.39. The van der Waals surface area contributed by atoms with Crippen LogP contribution in [0.3, 0.4) is 0 Å². The molecule has 0 unspecified atom stereocenters. The molecule has 1 N–H and O–H groups in total. The minimum Gasteiger partial charge on any atom is -0.364 e. The Kier molecular flexibility index (Phi) is 4.34. The number of methoxy groups -OCH3 is 1. The number of hydrogen-bond donors (Lipinski definition) is 1. The molecule has 1 aromatic heterocycles. The first kappa shape index (κ1) is 10.9. The van der Waals surface area contributed by atoms with Crippen molar-refractivity contribution in [2.45, 2.75) is 5.16 Å². The van der Waals surface area contributed by atoms with Gasteiger partial charge in [-0.3, -0.25) is 4.79 Å². The molecule has 0 aliphatic rings. The number of nitrogens with one attached hydrogen (secondary N) is 1. The lowest BCUT2D eigenvalue weighted by atomic mass is 10.4. The van der Waals surface area contributed by atoms with Gasteiger partial charge in [-0.05, 0) is 12.3 Å². The van der Waals surface area contributed by atoms with E-state index in [4.69, 9.17) is 4.74 Å². The minimum absolute atomic E-state index is 0.178. The Morgan fingerprint density at radius 1 is 1.71 bits per heavy atom. The van der Waals surface area contributed by atoms with E-state index in [1.165, 1.54) is 18.9 Å². The molecule has 76 valence electrons. The van der Waals surface area contributed by atoms with E-state index in [9.17, 15) is 4.79 Å². The van der Waals surface area contributed by atoms with Gasteiger partial charge in [-0.25, -0.2) is 9.97 Å². The van der Waals surface area contributed by atoms with E-state index in [0.717, 1.165) is 0 Å². The van der Waals surface area contributed by atoms with Crippen LogP contribution >= 0.6 is 11.8 Å². The number of rotatable bonds is 4. The maximum absolute atomic E-state index is 11.4. The van der Waals surface area contributed by atoms with Crippen molar-refractivity contribution in [2.75, 3.05) is 20.1 Å². The number of nitrogens with zero attached hydrogens (tertiary/aromatic N) is 2. The van der Waals surface area contributed by atoms with Gasteiger partial charge in [-0.15, -0.1) is 0 Å². The molecular formula is C8H11N3O2S. The van der Waals surface area contributed by atoms with Gasteiger partial charge in [0.05, 0.1) is 0 Å². The maximum Gasteiger partial charge on any atom is 0.271 e. The highest BCUT2D eigenvalue weighted by molar-refractivity contribution is 7.98. The molecule has 0 saturated carbocycles. The van der Waals surface area contributed by atoms with Crippen LogP contribution in [0.4, 0.5) is 0 Å². The van der Waals surface area contributed by atoms with Gasteiger partial charge in [0.2, 0.25) is 0 Å². The topological polar surface area (TPSA) is 64.1 Å². The summed E-state index contributed by atoms with van der Waals surface area (Å²) in [5.41, 5.74) is 0.349. The highest BCUT2D eigenvalue weighted by Crippen LogP contribution is 2.07. The molecule has 1 aromatic rings. The molecule has 0 spiro atoms. The standard InChI is InChI=1S/C8H11N3O2S/c1-13-5-10-7(12)6-3-4-9-8(11-6)14-2/h3-4H,5H2,1-2H3,(H,10,12). The average molecular weight is 213 g/mol. The second kappa shape index (κ2) is 5.56. The number of aromatic nitrogens is 2. The molecular weight excluding hydrogens is 202 g/mol. The number of carbonyl (C=O) groups is 1. The monoisotopic (exact) mass is 213 g/mol. The van der Waals surface area contributed by atoms with Crippen molar-refractivity contribution in [3.05, 3.63) is 18.0 Å². The third kappa shape index (κ3) is 2.97. The van der Waals surface area contributed by atoms with Gasteiger partial charge in [-0.1, -0.05) is 11.8 Å². The molecule has 0 aromatic carbocycles. The van der Waals surface area contributed by atoms with E-state index in [1.54, 1.807) is 12.3 Å². The van der Waals surface area contributed by atoms with E-state index in [-0.39, 0.29) is 12.6 Å². The van der Waals surface area contributed by atoms with Gasteiger partial charge in [0.1, 0.15) is 12.4 Å². The molecule has 0 aliphatic heterocycles. The molecule has 0 fully saturated rings. The van der Waals surface area contributed by atoms with Crippen molar-refractivity contribution in [2.24, 2.45) is 0 Å². The van der Waals surface area contributed by atoms with Crippen molar-refractivity contribution >= 4 is 17.7 Å². The van der Waals surface area contributed by atoms with E-state index < -0.39 is 0 Å². The van der Waals surface area contributed by atoms with Gasteiger partial charge >= 0.3 is 0 Å². The largest absolute Gasteiger partial charge is 0.364 e. The summed E-state index contributed by atoms with van der Waals surface area (Å²) in [6, 6.07) is 1.56. The Morgan fingerprint density at radius 3 is 3.14 bits per heavy atom. The zero-order valence-corrected chi connectivity index (χ0v) is 8.80. The predicted octanol–water partition coefficient (Wildman–Crippen LogP) is 0.532. The first-order valence-corrected chi connectivity index (χ1v) is 5.14. The molecule has 6 heteroatoms. The van der Waals surface area contributed by atoms with Crippen molar-refractivity contribution in [1.29, 1.82) is 0 Å². The van der Waals surface area contributed by atoms with Crippen molar-refractivity contribution in [3.63, 3.8) is 0 Å². The smallest absolute Gasteiger partial charge is 0.271 e. The van der Waals surface area contributed by atoms with E-state index in [0.29, 0.717) is 10.9 Å². The van der Waals surface area contributed by atoms with E-state index in [1.807, 2.05) is 6.26 Å². The van der Waals surface area contributed by atoms with Crippen LogP contribution in [0.15, 0.2) is 17.4 Å². The molecule has 1 rings (SSSR count). The third-order valence-electron chi connectivity index (χ3n) is 1.43. The average Bonchev–Trinajstić information content (AvgIpc) is 2.26. The zero-order chi connectivity index (χ0) is 10.4. The Morgan fingerprint density at radius 2 is 2.50 bits per heavy atom. The fourth-order valence-corrected chi connectivity index (χ4v) is 1.15. The SMILES string of the molecule is COCNC(=O)c1ccnc(SC)n1. The second-order valence-corrected chi connectivity index (χ2v) is 3.14. The summed E-state index contributed by atoms with van der Waals surface area (Å²) in [4.78, 5) is 19.4. The molecule has 1 amide bonds. The summed E-state index contributed by atoms with van der Waals surface area (Å²) in [7, 11) is 1.51. The van der Waals surface area contributed by atoms with E-state index in [2.05, 4.69) is 15.3 Å². The van der Waals surface area contributed by atoms with Gasteiger partial charge in [0.15, 0.2) is 5.16 Å². The molecule has 0 radical (unpaired) electrons. The Balaban J connectivity index is 2.69. The Hall–Kier alpha value is -1.14. The fraction of sp³-hybridized carbons (Fsp3) is 0.375. The molecule has 1 heterocycles. The number of thioether (sulfide) groups is 1. The van der Waals surface area contributed by atoms with Crippen LogP contribution in [0.25, 0.3) is 0 Å². The third-order valence-corrected chi connectivity index (χ3v) is 1.99. The molecule has 5 nitrogen and oxygen atoms in total. The quantitative estimate of drug-likeness (QED) is 0.449. The summed E-state index contributed by atoms with van der Waals surface area (Å²) in [6.45, 7) is 0.178. The first-order valence-electron chi connectivity index (χ1n) is 3.92. The van der Waals surface area contributed by atoms with Gasteiger partial charge in [-0.2, -0.15) is 0 Å². The summed E-state index contributed by atoms with van der Waals surface area (Å²) in [5, 5.41) is 3.12. The molecule has 0 atom stereocenters. The van der Waals surface area contributed by atoms with E-state index >= 15 is 0 Å². The van der Waals surface area contributed by atoms with Gasteiger partial charge < -0.3 is 10.1 Å². The lowest BCUT2D eigenvalue weighted by Gasteiger charge is -2.03. The zero-order valence-electron chi connectivity index (χ0n) is 7.98.